The molecule has 1 aromatic carbocycles. The lowest BCUT2D eigenvalue weighted by atomic mass is 9.75. The number of nitrogens with one attached hydrogen (secondary N) is 1. The van der Waals surface area contributed by atoms with Crippen LogP contribution in [0.25, 0.3) is 5.69 Å². The number of carboxylic acid groups (broad SMARTS) is 1. The lowest BCUT2D eigenvalue weighted by Crippen LogP contribution is -2.57. The van der Waals surface area contributed by atoms with E-state index in [4.69, 9.17) is 0 Å². The Labute approximate surface area is 216 Å². The van der Waals surface area contributed by atoms with Crippen molar-refractivity contribution in [3.05, 3.63) is 51.9 Å². The van der Waals surface area contributed by atoms with Crippen LogP contribution in [-0.2, 0) is 21.4 Å². The molecule has 2 saturated heterocycles. The van der Waals surface area contributed by atoms with E-state index in [1.54, 1.807) is 18.7 Å². The molecule has 1 aromatic heterocycles. The number of fused-ring (bicyclic) bond motifs is 1. The summed E-state index contributed by atoms with van der Waals surface area (Å²) in [5.41, 5.74) is -0.300. The van der Waals surface area contributed by atoms with E-state index in [-0.39, 0.29) is 29.8 Å². The van der Waals surface area contributed by atoms with Crippen molar-refractivity contribution in [2.24, 2.45) is 24.8 Å². The summed E-state index contributed by atoms with van der Waals surface area (Å²) in [6.45, 7) is 5.62. The number of carbonyl (C=O) groups is 3. The molecule has 3 fully saturated rings. The van der Waals surface area contributed by atoms with E-state index in [9.17, 15) is 24.3 Å². The Hall–Kier alpha value is -3.20. The maximum absolute atomic E-state index is 14.0. The zero-order chi connectivity index (χ0) is 26.6. The number of rotatable bonds is 6. The molecule has 2 amide bonds. The van der Waals surface area contributed by atoms with Gasteiger partial charge in [0.2, 0.25) is 11.8 Å². The normalized spacial score (nSPS) is 28.4. The highest BCUT2D eigenvalue weighted by Crippen LogP contribution is 2.52. The number of nitrogens with zero attached hydrogens (tertiary/aromatic N) is 3. The Kier molecular flexibility index (Phi) is 6.38. The van der Waals surface area contributed by atoms with Gasteiger partial charge in [-0.25, -0.2) is 4.68 Å². The monoisotopic (exact) mass is 508 g/mol. The first-order chi connectivity index (χ1) is 17.6. The van der Waals surface area contributed by atoms with Crippen LogP contribution in [0.4, 0.5) is 0 Å². The van der Waals surface area contributed by atoms with Crippen molar-refractivity contribution in [1.29, 1.82) is 0 Å². The molecule has 4 unspecified atom stereocenters. The van der Waals surface area contributed by atoms with Gasteiger partial charge in [-0.05, 0) is 44.2 Å². The van der Waals surface area contributed by atoms with E-state index >= 15 is 0 Å². The minimum Gasteiger partial charge on any atom is -0.480 e. The number of carboxylic acids is 1. The predicted molar refractivity (Wildman–Crippen MR) is 137 cm³/mol. The molecule has 0 spiro atoms. The predicted octanol–water partition coefficient (Wildman–Crippen LogP) is 2.93. The molecule has 37 heavy (non-hydrogen) atoms. The van der Waals surface area contributed by atoms with Crippen molar-refractivity contribution in [1.82, 2.24) is 19.6 Å². The molecule has 3 heterocycles. The SMILES string of the molecule is Cc1c(C2NC(CC(C)C)(C(=O)O)C3C(=O)N(C4CCCCC4)C(=O)C23)c(=O)n(-c2ccccc2)n1C. The van der Waals surface area contributed by atoms with Crippen LogP contribution in [-0.4, -0.2) is 48.7 Å². The van der Waals surface area contributed by atoms with Gasteiger partial charge in [0.25, 0.3) is 5.56 Å². The largest absolute Gasteiger partial charge is 0.480 e. The number of para-hydroxylation sites is 1. The second-order valence-electron chi connectivity index (χ2n) is 11.3. The Morgan fingerprint density at radius 2 is 1.73 bits per heavy atom. The van der Waals surface area contributed by atoms with E-state index < -0.39 is 35.3 Å². The van der Waals surface area contributed by atoms with Gasteiger partial charge in [-0.15, -0.1) is 0 Å². The lowest BCUT2D eigenvalue weighted by Gasteiger charge is -2.35. The average molecular weight is 509 g/mol. The first kappa shape index (κ1) is 25.4. The number of imide groups is 1. The molecule has 198 valence electrons. The van der Waals surface area contributed by atoms with Gasteiger partial charge in [-0.3, -0.25) is 34.1 Å². The summed E-state index contributed by atoms with van der Waals surface area (Å²) in [6, 6.07) is 8.11. The van der Waals surface area contributed by atoms with Gasteiger partial charge in [0.1, 0.15) is 5.54 Å². The van der Waals surface area contributed by atoms with E-state index in [1.807, 2.05) is 44.2 Å². The van der Waals surface area contributed by atoms with Crippen LogP contribution in [0.2, 0.25) is 0 Å². The van der Waals surface area contributed by atoms with Crippen LogP contribution in [0.3, 0.4) is 0 Å². The zero-order valence-electron chi connectivity index (χ0n) is 21.9. The van der Waals surface area contributed by atoms with Gasteiger partial charge in [0.15, 0.2) is 0 Å². The van der Waals surface area contributed by atoms with E-state index in [0.29, 0.717) is 16.9 Å². The molecule has 2 aliphatic heterocycles. The molecular weight excluding hydrogens is 472 g/mol. The fraction of sp³-hybridized carbons (Fsp3) is 0.571. The van der Waals surface area contributed by atoms with Crippen LogP contribution in [0.1, 0.15) is 69.7 Å². The standard InChI is InChI=1S/C28H36N4O5/c1-16(2)15-28(27(36)37)22-21(24(33)31(26(22)35)18-11-7-5-8-12-18)23(29-28)20-17(3)30(4)32(25(20)34)19-13-9-6-10-14-19/h6,9-10,13-14,16,18,21-23,29H,5,7-8,11-12,15H2,1-4H3,(H,36,37). The topological polar surface area (TPSA) is 114 Å². The maximum Gasteiger partial charge on any atom is 0.324 e. The van der Waals surface area contributed by atoms with E-state index in [2.05, 4.69) is 5.32 Å². The second-order valence-corrected chi connectivity index (χ2v) is 11.3. The van der Waals surface area contributed by atoms with Crippen LogP contribution < -0.4 is 10.9 Å². The molecule has 9 nitrogen and oxygen atoms in total. The minimum absolute atomic E-state index is 0.0486. The number of aromatic nitrogens is 2. The third-order valence-electron chi connectivity index (χ3n) is 8.65. The Morgan fingerprint density at radius 1 is 1.08 bits per heavy atom. The third-order valence-corrected chi connectivity index (χ3v) is 8.65. The third kappa shape index (κ3) is 3.77. The highest BCUT2D eigenvalue weighted by atomic mass is 16.4. The molecule has 4 atom stereocenters. The molecule has 5 rings (SSSR count). The van der Waals surface area contributed by atoms with Crippen LogP contribution in [0.15, 0.2) is 35.1 Å². The van der Waals surface area contributed by atoms with Crippen molar-refractivity contribution < 1.29 is 19.5 Å². The Morgan fingerprint density at radius 3 is 2.32 bits per heavy atom. The van der Waals surface area contributed by atoms with Crippen molar-refractivity contribution in [2.45, 2.75) is 76.9 Å². The fourth-order valence-corrected chi connectivity index (χ4v) is 7.03. The van der Waals surface area contributed by atoms with Crippen LogP contribution in [0, 0.1) is 24.7 Å². The molecular formula is C28H36N4O5. The first-order valence-electron chi connectivity index (χ1n) is 13.3. The smallest absolute Gasteiger partial charge is 0.324 e. The maximum atomic E-state index is 14.0. The van der Waals surface area contributed by atoms with E-state index in [1.165, 1.54) is 9.58 Å². The lowest BCUT2D eigenvalue weighted by molar-refractivity contribution is -0.153. The summed E-state index contributed by atoms with van der Waals surface area (Å²) in [4.78, 5) is 56.2. The summed E-state index contributed by atoms with van der Waals surface area (Å²) in [5.74, 6) is -3.95. The molecule has 0 radical (unpaired) electrons. The average Bonchev–Trinajstić information content (AvgIpc) is 3.41. The number of benzene rings is 1. The highest BCUT2D eigenvalue weighted by Gasteiger charge is 2.69. The molecule has 1 saturated carbocycles. The number of likely N-dealkylation sites (tertiary alicyclic amines) is 1. The highest BCUT2D eigenvalue weighted by molar-refractivity contribution is 6.09. The molecule has 1 aliphatic carbocycles. The minimum atomic E-state index is -1.63. The summed E-state index contributed by atoms with van der Waals surface area (Å²) < 4.78 is 3.26. The van der Waals surface area contributed by atoms with Crippen LogP contribution >= 0.6 is 0 Å². The number of aliphatic carboxylic acids is 1. The summed E-state index contributed by atoms with van der Waals surface area (Å²) in [7, 11) is 1.77. The molecule has 3 aliphatic rings. The Bertz CT molecular complexity index is 1290. The van der Waals surface area contributed by atoms with Crippen molar-refractivity contribution in [2.75, 3.05) is 0 Å². The number of hydrogen-bond donors (Lipinski definition) is 2. The van der Waals surface area contributed by atoms with Gasteiger partial charge in [0.05, 0.1) is 29.1 Å². The van der Waals surface area contributed by atoms with E-state index in [0.717, 1.165) is 32.1 Å². The second kappa shape index (κ2) is 9.28. The number of amides is 2. The van der Waals surface area contributed by atoms with Gasteiger partial charge >= 0.3 is 5.97 Å². The molecule has 2 N–H and O–H groups in total. The van der Waals surface area contributed by atoms with Crippen molar-refractivity contribution in [3.8, 4) is 5.69 Å². The Balaban J connectivity index is 1.68. The van der Waals surface area contributed by atoms with Gasteiger partial charge in [-0.2, -0.15) is 0 Å². The van der Waals surface area contributed by atoms with Gasteiger partial charge in [-0.1, -0.05) is 51.3 Å². The molecule has 0 bridgehead atoms. The summed E-state index contributed by atoms with van der Waals surface area (Å²) in [5, 5.41) is 13.8. The first-order valence-corrected chi connectivity index (χ1v) is 13.3. The quantitative estimate of drug-likeness (QED) is 0.580. The van der Waals surface area contributed by atoms with Gasteiger partial charge in [0, 0.05) is 18.8 Å². The number of hydrogen-bond acceptors (Lipinski definition) is 5. The van der Waals surface area contributed by atoms with Gasteiger partial charge < -0.3 is 5.11 Å². The number of carbonyl (C=O) groups excluding carboxylic acids is 2. The molecule has 9 heteroatoms. The summed E-state index contributed by atoms with van der Waals surface area (Å²) >= 11 is 0. The van der Waals surface area contributed by atoms with Crippen LogP contribution in [0.5, 0.6) is 0 Å². The van der Waals surface area contributed by atoms with Crippen molar-refractivity contribution in [3.63, 3.8) is 0 Å². The fourth-order valence-electron chi connectivity index (χ4n) is 7.03. The zero-order valence-corrected chi connectivity index (χ0v) is 21.9. The molecule has 2 aromatic rings. The van der Waals surface area contributed by atoms with Crippen molar-refractivity contribution >= 4 is 17.8 Å². The summed E-state index contributed by atoms with van der Waals surface area (Å²) in [6.07, 6.45) is 4.60.